The molecule has 2 heterocycles. The number of amides is 2. The highest BCUT2D eigenvalue weighted by molar-refractivity contribution is 6.00. The van der Waals surface area contributed by atoms with Crippen molar-refractivity contribution in [3.8, 4) is 23.0 Å². The minimum atomic E-state index is -0.456. The third kappa shape index (κ3) is 4.36. The van der Waals surface area contributed by atoms with Crippen LogP contribution < -0.4 is 20.1 Å². The summed E-state index contributed by atoms with van der Waals surface area (Å²) in [7, 11) is 0. The third-order valence-corrected chi connectivity index (χ3v) is 4.73. The fourth-order valence-electron chi connectivity index (χ4n) is 3.22. The van der Waals surface area contributed by atoms with Gasteiger partial charge in [0.2, 0.25) is 18.6 Å². The van der Waals surface area contributed by atoms with Gasteiger partial charge in [-0.2, -0.15) is 0 Å². The van der Waals surface area contributed by atoms with E-state index in [1.54, 1.807) is 24.3 Å². The highest BCUT2D eigenvalue weighted by atomic mass is 19.1. The lowest BCUT2D eigenvalue weighted by Crippen LogP contribution is -2.19. The molecule has 5 rings (SSSR count). The summed E-state index contributed by atoms with van der Waals surface area (Å²) in [5.74, 6) is 1.82. The van der Waals surface area contributed by atoms with Crippen molar-refractivity contribution in [3.05, 3.63) is 84.0 Å². The molecule has 8 nitrogen and oxygen atoms in total. The minimum absolute atomic E-state index is 0.218. The van der Waals surface area contributed by atoms with Crippen molar-refractivity contribution < 1.29 is 23.1 Å². The molecule has 0 aliphatic carbocycles. The first kappa shape index (κ1) is 19.6. The Hall–Kier alpha value is -4.40. The van der Waals surface area contributed by atoms with E-state index in [1.807, 2.05) is 18.2 Å². The largest absolute Gasteiger partial charge is 0.454 e. The Balaban J connectivity index is 1.26. The molecular weight excluding hydrogens is 415 g/mol. The van der Waals surface area contributed by atoms with Gasteiger partial charge in [0.25, 0.3) is 0 Å². The summed E-state index contributed by atoms with van der Waals surface area (Å²) < 4.78 is 29.5. The highest BCUT2D eigenvalue weighted by Crippen LogP contribution is 2.33. The summed E-state index contributed by atoms with van der Waals surface area (Å²) in [5.41, 5.74) is 2.63. The fourth-order valence-corrected chi connectivity index (χ4v) is 3.22. The summed E-state index contributed by atoms with van der Waals surface area (Å²) in [6, 6.07) is 17.7. The maximum atomic E-state index is 13.0. The van der Waals surface area contributed by atoms with Gasteiger partial charge in [-0.05, 0) is 60.2 Å². The molecule has 3 aromatic carbocycles. The number of nitrogens with one attached hydrogen (secondary N) is 2. The number of carbonyl (C=O) groups excluding carboxylic acids is 1. The molecule has 2 N–H and O–H groups in total. The van der Waals surface area contributed by atoms with Crippen LogP contribution in [-0.2, 0) is 6.42 Å². The van der Waals surface area contributed by atoms with Crippen molar-refractivity contribution in [1.82, 2.24) is 10.2 Å². The number of rotatable bonds is 5. The average molecular weight is 432 g/mol. The zero-order valence-corrected chi connectivity index (χ0v) is 16.7. The van der Waals surface area contributed by atoms with Crippen LogP contribution in [0.4, 0.5) is 20.6 Å². The number of anilines is 2. The van der Waals surface area contributed by atoms with Gasteiger partial charge in [-0.15, -0.1) is 10.2 Å². The molecular formula is C23H17FN4O4. The van der Waals surface area contributed by atoms with Crippen LogP contribution in [-0.4, -0.2) is 23.0 Å². The summed E-state index contributed by atoms with van der Waals surface area (Å²) in [4.78, 5) is 12.2. The quantitative estimate of drug-likeness (QED) is 0.468. The molecule has 0 unspecified atom stereocenters. The monoisotopic (exact) mass is 432 g/mol. The van der Waals surface area contributed by atoms with Crippen molar-refractivity contribution >= 4 is 17.4 Å². The second-order valence-corrected chi connectivity index (χ2v) is 7.03. The lowest BCUT2D eigenvalue weighted by molar-refractivity contribution is 0.174. The van der Waals surface area contributed by atoms with Crippen molar-refractivity contribution in [2.75, 3.05) is 17.4 Å². The van der Waals surface area contributed by atoms with E-state index in [0.717, 1.165) is 5.56 Å². The number of carbonyl (C=O) groups is 1. The lowest BCUT2D eigenvalue weighted by Gasteiger charge is -2.08. The molecule has 0 radical (unpaired) electrons. The smallest absolute Gasteiger partial charge is 0.323 e. The zero-order valence-electron chi connectivity index (χ0n) is 16.7. The molecule has 2 amide bonds. The maximum absolute atomic E-state index is 13.0. The summed E-state index contributed by atoms with van der Waals surface area (Å²) >= 11 is 0. The first-order valence-electron chi connectivity index (χ1n) is 9.77. The van der Waals surface area contributed by atoms with E-state index in [0.29, 0.717) is 46.6 Å². The number of nitrogens with zero attached hydrogens (tertiary/aromatic N) is 2. The fraction of sp³-hybridized carbons (Fsp3) is 0.0870. The van der Waals surface area contributed by atoms with E-state index in [1.165, 1.54) is 24.3 Å². The molecule has 0 atom stereocenters. The standard InChI is InChI=1S/C23H17FN4O4/c24-16-5-7-17(8-6-16)25-23(29)26-18-3-1-2-15(12-18)22-28-27-21(32-22)11-14-4-9-19-20(10-14)31-13-30-19/h1-10,12H,11,13H2,(H2,25,26,29). The number of hydrogen-bond donors (Lipinski definition) is 2. The summed E-state index contributed by atoms with van der Waals surface area (Å²) in [5, 5.41) is 13.6. The molecule has 1 aromatic heterocycles. The average Bonchev–Trinajstić information content (AvgIpc) is 3.45. The van der Waals surface area contributed by atoms with Crippen LogP contribution in [0.25, 0.3) is 11.5 Å². The van der Waals surface area contributed by atoms with Crippen LogP contribution in [0.5, 0.6) is 11.5 Å². The second kappa shape index (κ2) is 8.38. The zero-order chi connectivity index (χ0) is 21.9. The SMILES string of the molecule is O=C(Nc1ccc(F)cc1)Nc1cccc(-c2nnc(Cc3ccc4c(c3)OCO4)o2)c1. The number of aromatic nitrogens is 2. The number of hydrogen-bond acceptors (Lipinski definition) is 6. The Morgan fingerprint density at radius 2 is 1.72 bits per heavy atom. The number of benzene rings is 3. The van der Waals surface area contributed by atoms with Crippen LogP contribution in [0.1, 0.15) is 11.5 Å². The number of urea groups is 1. The lowest BCUT2D eigenvalue weighted by atomic mass is 10.1. The van der Waals surface area contributed by atoms with Crippen LogP contribution in [0.3, 0.4) is 0 Å². The molecule has 160 valence electrons. The molecule has 0 spiro atoms. The molecule has 0 bridgehead atoms. The van der Waals surface area contributed by atoms with Gasteiger partial charge in [0.05, 0.1) is 6.42 Å². The van der Waals surface area contributed by atoms with Gasteiger partial charge in [-0.3, -0.25) is 0 Å². The van der Waals surface area contributed by atoms with Gasteiger partial charge in [0.15, 0.2) is 11.5 Å². The first-order chi connectivity index (χ1) is 15.6. The second-order valence-electron chi connectivity index (χ2n) is 7.03. The minimum Gasteiger partial charge on any atom is -0.454 e. The Kier molecular flexibility index (Phi) is 5.12. The Bertz CT molecular complexity index is 1270. The van der Waals surface area contributed by atoms with Crippen molar-refractivity contribution in [1.29, 1.82) is 0 Å². The van der Waals surface area contributed by atoms with Gasteiger partial charge in [-0.1, -0.05) is 12.1 Å². The molecule has 4 aromatic rings. The van der Waals surface area contributed by atoms with Crippen molar-refractivity contribution in [3.63, 3.8) is 0 Å². The van der Waals surface area contributed by atoms with Crippen LogP contribution in [0, 0.1) is 5.82 Å². The molecule has 1 aliphatic rings. The van der Waals surface area contributed by atoms with E-state index < -0.39 is 6.03 Å². The van der Waals surface area contributed by atoms with E-state index in [9.17, 15) is 9.18 Å². The number of fused-ring (bicyclic) bond motifs is 1. The summed E-state index contributed by atoms with van der Waals surface area (Å²) in [6.45, 7) is 0.218. The number of halogens is 1. The van der Waals surface area contributed by atoms with E-state index in [-0.39, 0.29) is 12.6 Å². The summed E-state index contributed by atoms with van der Waals surface area (Å²) in [6.07, 6.45) is 0.446. The van der Waals surface area contributed by atoms with E-state index in [2.05, 4.69) is 20.8 Å². The van der Waals surface area contributed by atoms with Crippen LogP contribution in [0.15, 0.2) is 71.1 Å². The Morgan fingerprint density at radius 3 is 2.59 bits per heavy atom. The van der Waals surface area contributed by atoms with Crippen LogP contribution in [0.2, 0.25) is 0 Å². The number of ether oxygens (including phenoxy) is 2. The van der Waals surface area contributed by atoms with Crippen molar-refractivity contribution in [2.45, 2.75) is 6.42 Å². The predicted octanol–water partition coefficient (Wildman–Crippen LogP) is 4.84. The van der Waals surface area contributed by atoms with Crippen LogP contribution >= 0.6 is 0 Å². The van der Waals surface area contributed by atoms with E-state index >= 15 is 0 Å². The predicted molar refractivity (Wildman–Crippen MR) is 114 cm³/mol. The Morgan fingerprint density at radius 1 is 0.906 bits per heavy atom. The molecule has 1 aliphatic heterocycles. The van der Waals surface area contributed by atoms with Gasteiger partial charge >= 0.3 is 6.03 Å². The first-order valence-corrected chi connectivity index (χ1v) is 9.77. The topological polar surface area (TPSA) is 98.5 Å². The van der Waals surface area contributed by atoms with Crippen molar-refractivity contribution in [2.24, 2.45) is 0 Å². The molecule has 32 heavy (non-hydrogen) atoms. The van der Waals surface area contributed by atoms with Gasteiger partial charge < -0.3 is 24.5 Å². The maximum Gasteiger partial charge on any atom is 0.323 e. The van der Waals surface area contributed by atoms with Gasteiger partial charge in [-0.25, -0.2) is 9.18 Å². The Labute approximate surface area is 182 Å². The highest BCUT2D eigenvalue weighted by Gasteiger charge is 2.15. The van der Waals surface area contributed by atoms with Gasteiger partial charge in [0, 0.05) is 16.9 Å². The molecule has 0 saturated heterocycles. The third-order valence-electron chi connectivity index (χ3n) is 4.73. The molecule has 9 heteroatoms. The normalized spacial score (nSPS) is 11.9. The van der Waals surface area contributed by atoms with E-state index in [4.69, 9.17) is 13.9 Å². The molecule has 0 saturated carbocycles. The molecule has 0 fully saturated rings. The van der Waals surface area contributed by atoms with Gasteiger partial charge in [0.1, 0.15) is 5.82 Å².